The molecule has 4 aromatic rings. The van der Waals surface area contributed by atoms with Gasteiger partial charge >= 0.3 is 0 Å². The lowest BCUT2D eigenvalue weighted by Gasteiger charge is -2.20. The zero-order valence-corrected chi connectivity index (χ0v) is 17.4. The molecule has 1 amide bonds. The summed E-state index contributed by atoms with van der Waals surface area (Å²) in [6.07, 6.45) is 3.48. The molecular weight excluding hydrogens is 438 g/mol. The molecule has 5 nitrogen and oxygen atoms in total. The van der Waals surface area contributed by atoms with Crippen molar-refractivity contribution in [2.24, 2.45) is 0 Å². The first-order valence-corrected chi connectivity index (χ1v) is 10.2. The molecule has 0 unspecified atom stereocenters. The first-order chi connectivity index (χ1) is 13.6. The second-order valence-electron chi connectivity index (χ2n) is 6.09. The average molecular weight is 454 g/mol. The Kier molecular flexibility index (Phi) is 5.36. The lowest BCUT2D eigenvalue weighted by atomic mass is 10.2. The van der Waals surface area contributed by atoms with Crippen LogP contribution in [0.25, 0.3) is 10.2 Å². The first kappa shape index (κ1) is 18.6. The van der Waals surface area contributed by atoms with Crippen LogP contribution in [0.2, 0.25) is 0 Å². The zero-order valence-electron chi connectivity index (χ0n) is 15.0. The number of anilines is 1. The van der Waals surface area contributed by atoms with Crippen LogP contribution < -0.4 is 9.64 Å². The van der Waals surface area contributed by atoms with Crippen molar-refractivity contribution in [3.8, 4) is 5.75 Å². The van der Waals surface area contributed by atoms with Crippen LogP contribution in [0.3, 0.4) is 0 Å². The molecule has 0 radical (unpaired) electrons. The van der Waals surface area contributed by atoms with Crippen LogP contribution in [0.4, 0.5) is 5.13 Å². The number of hydrogen-bond donors (Lipinski definition) is 0. The number of rotatable bonds is 5. The van der Waals surface area contributed by atoms with E-state index >= 15 is 0 Å². The number of nitrogens with zero attached hydrogens (tertiary/aromatic N) is 3. The van der Waals surface area contributed by atoms with E-state index in [-0.39, 0.29) is 5.91 Å². The van der Waals surface area contributed by atoms with E-state index in [1.54, 1.807) is 36.5 Å². The van der Waals surface area contributed by atoms with E-state index in [0.29, 0.717) is 17.2 Å². The molecule has 2 heterocycles. The molecule has 0 saturated carbocycles. The fourth-order valence-corrected chi connectivity index (χ4v) is 4.04. The minimum Gasteiger partial charge on any atom is -0.497 e. The Morgan fingerprint density at radius 2 is 2.00 bits per heavy atom. The maximum Gasteiger partial charge on any atom is 0.260 e. The number of halogens is 1. The monoisotopic (exact) mass is 453 g/mol. The number of ether oxygens (including phenoxy) is 1. The van der Waals surface area contributed by atoms with Crippen LogP contribution in [0.15, 0.2) is 71.5 Å². The van der Waals surface area contributed by atoms with Crippen LogP contribution in [0, 0.1) is 0 Å². The molecule has 0 N–H and O–H groups in total. The number of thiazole rings is 1. The van der Waals surface area contributed by atoms with Gasteiger partial charge in [-0.15, -0.1) is 0 Å². The van der Waals surface area contributed by atoms with Crippen molar-refractivity contribution in [2.75, 3.05) is 12.0 Å². The lowest BCUT2D eigenvalue weighted by Crippen LogP contribution is -2.30. The third kappa shape index (κ3) is 3.90. The third-order valence-electron chi connectivity index (χ3n) is 4.22. The Labute approximate surface area is 174 Å². The van der Waals surface area contributed by atoms with Gasteiger partial charge in [-0.2, -0.15) is 0 Å². The second kappa shape index (κ2) is 8.08. The van der Waals surface area contributed by atoms with E-state index in [4.69, 9.17) is 4.74 Å². The van der Waals surface area contributed by atoms with E-state index < -0.39 is 0 Å². The van der Waals surface area contributed by atoms with Crippen molar-refractivity contribution in [1.29, 1.82) is 0 Å². The number of pyridine rings is 1. The predicted octanol–water partition coefficient (Wildman–Crippen LogP) is 5.31. The highest BCUT2D eigenvalue weighted by atomic mass is 79.9. The molecule has 140 valence electrons. The fraction of sp³-hybridized carbons (Fsp3) is 0.0952. The molecule has 0 bridgehead atoms. The zero-order chi connectivity index (χ0) is 19.5. The van der Waals surface area contributed by atoms with Gasteiger partial charge < -0.3 is 4.74 Å². The van der Waals surface area contributed by atoms with Crippen LogP contribution >= 0.6 is 27.3 Å². The van der Waals surface area contributed by atoms with Gasteiger partial charge in [0, 0.05) is 22.4 Å². The van der Waals surface area contributed by atoms with Crippen LogP contribution in [-0.4, -0.2) is 23.0 Å². The van der Waals surface area contributed by atoms with Crippen molar-refractivity contribution >= 4 is 48.5 Å². The van der Waals surface area contributed by atoms with Gasteiger partial charge in [0.05, 0.1) is 23.9 Å². The number of methoxy groups -OCH3 is 1. The molecular formula is C21H16BrN3O2S. The number of aromatic nitrogens is 2. The van der Waals surface area contributed by atoms with Gasteiger partial charge in [0.15, 0.2) is 5.13 Å². The standard InChI is InChI=1S/C21H16BrN3O2S/c1-27-17-8-9-18-19(11-17)28-21(24-18)25(13-14-3-2-10-23-12-14)20(26)15-4-6-16(22)7-5-15/h2-12H,13H2,1H3. The smallest absolute Gasteiger partial charge is 0.260 e. The van der Waals surface area contributed by atoms with Gasteiger partial charge in [0.25, 0.3) is 5.91 Å². The summed E-state index contributed by atoms with van der Waals surface area (Å²) in [5.41, 5.74) is 2.37. The van der Waals surface area contributed by atoms with E-state index in [0.717, 1.165) is 26.0 Å². The van der Waals surface area contributed by atoms with E-state index in [2.05, 4.69) is 25.9 Å². The van der Waals surface area contributed by atoms with Crippen molar-refractivity contribution in [3.63, 3.8) is 0 Å². The van der Waals surface area contributed by atoms with Crippen molar-refractivity contribution in [1.82, 2.24) is 9.97 Å². The fourth-order valence-electron chi connectivity index (χ4n) is 2.78. The van der Waals surface area contributed by atoms with Crippen LogP contribution in [-0.2, 0) is 6.54 Å². The summed E-state index contributed by atoms with van der Waals surface area (Å²) in [6, 6.07) is 16.8. The number of carbonyl (C=O) groups excluding carboxylic acids is 1. The maximum atomic E-state index is 13.3. The predicted molar refractivity (Wildman–Crippen MR) is 115 cm³/mol. The number of carbonyl (C=O) groups is 1. The van der Waals surface area contributed by atoms with Crippen LogP contribution in [0.5, 0.6) is 5.75 Å². The molecule has 0 fully saturated rings. The van der Waals surface area contributed by atoms with Gasteiger partial charge in [-0.25, -0.2) is 4.98 Å². The van der Waals surface area contributed by atoms with Gasteiger partial charge in [0.1, 0.15) is 5.75 Å². The normalized spacial score (nSPS) is 10.8. The van der Waals surface area contributed by atoms with Crippen molar-refractivity contribution in [3.05, 3.63) is 82.6 Å². The Bertz CT molecular complexity index is 1110. The van der Waals surface area contributed by atoms with E-state index in [1.807, 2.05) is 42.5 Å². The molecule has 0 spiro atoms. The summed E-state index contributed by atoms with van der Waals surface area (Å²) >= 11 is 4.88. The quantitative estimate of drug-likeness (QED) is 0.410. The Balaban J connectivity index is 1.75. The third-order valence-corrected chi connectivity index (χ3v) is 5.78. The minimum absolute atomic E-state index is 0.109. The highest BCUT2D eigenvalue weighted by molar-refractivity contribution is 9.10. The summed E-state index contributed by atoms with van der Waals surface area (Å²) in [5.74, 6) is 0.656. The molecule has 28 heavy (non-hydrogen) atoms. The van der Waals surface area contributed by atoms with Crippen molar-refractivity contribution in [2.45, 2.75) is 6.54 Å². The molecule has 0 atom stereocenters. The van der Waals surface area contributed by atoms with Crippen LogP contribution in [0.1, 0.15) is 15.9 Å². The maximum absolute atomic E-state index is 13.3. The SMILES string of the molecule is COc1ccc2nc(N(Cc3cccnc3)C(=O)c3ccc(Br)cc3)sc2c1. The molecule has 4 rings (SSSR count). The first-order valence-electron chi connectivity index (χ1n) is 8.55. The molecule has 0 aliphatic heterocycles. The molecule has 0 aliphatic carbocycles. The summed E-state index contributed by atoms with van der Waals surface area (Å²) in [5, 5.41) is 0.639. The van der Waals surface area contributed by atoms with E-state index in [9.17, 15) is 4.79 Å². The summed E-state index contributed by atoms with van der Waals surface area (Å²) in [7, 11) is 1.63. The van der Waals surface area contributed by atoms with Crippen molar-refractivity contribution < 1.29 is 9.53 Å². The topological polar surface area (TPSA) is 55.3 Å². The van der Waals surface area contributed by atoms with E-state index in [1.165, 1.54) is 11.3 Å². The summed E-state index contributed by atoms with van der Waals surface area (Å²) in [4.78, 5) is 23.8. The van der Waals surface area contributed by atoms with Gasteiger partial charge in [-0.3, -0.25) is 14.7 Å². The highest BCUT2D eigenvalue weighted by Crippen LogP contribution is 2.33. The highest BCUT2D eigenvalue weighted by Gasteiger charge is 2.22. The Hall–Kier alpha value is -2.77. The molecule has 2 aromatic carbocycles. The summed E-state index contributed by atoms with van der Waals surface area (Å²) < 4.78 is 7.19. The molecule has 0 aliphatic rings. The average Bonchev–Trinajstić information content (AvgIpc) is 3.15. The minimum atomic E-state index is -0.109. The molecule has 0 saturated heterocycles. The van der Waals surface area contributed by atoms with Gasteiger partial charge in [-0.05, 0) is 54.1 Å². The van der Waals surface area contributed by atoms with Gasteiger partial charge in [-0.1, -0.05) is 33.3 Å². The number of hydrogen-bond acceptors (Lipinski definition) is 5. The number of benzene rings is 2. The van der Waals surface area contributed by atoms with Gasteiger partial charge in [0.2, 0.25) is 0 Å². The summed E-state index contributed by atoms with van der Waals surface area (Å²) in [6.45, 7) is 0.389. The lowest BCUT2D eigenvalue weighted by molar-refractivity contribution is 0.0985. The molecule has 7 heteroatoms. The number of fused-ring (bicyclic) bond motifs is 1. The largest absolute Gasteiger partial charge is 0.497 e. The molecule has 2 aromatic heterocycles. The number of amides is 1. The Morgan fingerprint density at radius 1 is 1.18 bits per heavy atom. The Morgan fingerprint density at radius 3 is 2.71 bits per heavy atom. The second-order valence-corrected chi connectivity index (χ2v) is 8.01.